The zero-order valence-electron chi connectivity index (χ0n) is 16.4. The lowest BCUT2D eigenvalue weighted by molar-refractivity contribution is -0.155. The number of phenolic OH excluding ortho intramolecular Hbond substituents is 2. The van der Waals surface area contributed by atoms with Crippen LogP contribution in [0.5, 0.6) is 11.5 Å². The molecule has 0 saturated carbocycles. The Labute approximate surface area is 168 Å². The number of benzene rings is 1. The van der Waals surface area contributed by atoms with Crippen LogP contribution >= 0.6 is 0 Å². The van der Waals surface area contributed by atoms with E-state index in [0.29, 0.717) is 26.1 Å². The van der Waals surface area contributed by atoms with Crippen molar-refractivity contribution < 1.29 is 34.1 Å². The molecule has 7 heteroatoms. The SMILES string of the molecule is CC(C)=CC[C@H](OC(=O)C1CCOCC1)C1=CC(=O)c2c(O)ccc(O)c2C1=O. The number of carbonyl (C=O) groups excluding carboxylic acids is 3. The van der Waals surface area contributed by atoms with Crippen molar-refractivity contribution in [2.24, 2.45) is 5.92 Å². The number of ether oxygens (including phenoxy) is 2. The molecule has 1 saturated heterocycles. The summed E-state index contributed by atoms with van der Waals surface area (Å²) in [5.41, 5.74) is 0.446. The molecule has 3 rings (SSSR count). The molecule has 154 valence electrons. The third-order valence-electron chi connectivity index (χ3n) is 5.08. The lowest BCUT2D eigenvalue weighted by Crippen LogP contribution is -2.33. The summed E-state index contributed by atoms with van der Waals surface area (Å²) in [5.74, 6) is -2.80. The van der Waals surface area contributed by atoms with Gasteiger partial charge in [0, 0.05) is 25.2 Å². The first-order valence-corrected chi connectivity index (χ1v) is 9.56. The Hall–Kier alpha value is -2.93. The van der Waals surface area contributed by atoms with Gasteiger partial charge in [0.15, 0.2) is 11.6 Å². The third-order valence-corrected chi connectivity index (χ3v) is 5.08. The fraction of sp³-hybridized carbons (Fsp3) is 0.409. The summed E-state index contributed by atoms with van der Waals surface area (Å²) >= 11 is 0. The first kappa shape index (κ1) is 20.8. The van der Waals surface area contributed by atoms with E-state index >= 15 is 0 Å². The van der Waals surface area contributed by atoms with Crippen LogP contribution in [-0.2, 0) is 14.3 Å². The fourth-order valence-corrected chi connectivity index (χ4v) is 3.47. The highest BCUT2D eigenvalue weighted by Gasteiger charge is 2.36. The van der Waals surface area contributed by atoms with Crippen molar-refractivity contribution in [3.63, 3.8) is 0 Å². The minimum atomic E-state index is -0.966. The Morgan fingerprint density at radius 1 is 1.17 bits per heavy atom. The largest absolute Gasteiger partial charge is 0.507 e. The van der Waals surface area contributed by atoms with Gasteiger partial charge in [-0.25, -0.2) is 0 Å². The molecule has 1 aromatic carbocycles. The lowest BCUT2D eigenvalue weighted by Gasteiger charge is -2.26. The standard InChI is InChI=1S/C22H24O7/c1-12(2)3-6-18(29-22(27)13-7-9-28-10-8-13)14-11-17(25)19-15(23)4-5-16(24)20(19)21(14)26/h3-5,11,13,18,23-24H,6-10H2,1-2H3/t18-/m0/s1. The van der Waals surface area contributed by atoms with Gasteiger partial charge in [-0.2, -0.15) is 0 Å². The van der Waals surface area contributed by atoms with Gasteiger partial charge in [-0.05, 0) is 44.9 Å². The van der Waals surface area contributed by atoms with Crippen LogP contribution in [0.15, 0.2) is 35.4 Å². The van der Waals surface area contributed by atoms with E-state index in [9.17, 15) is 24.6 Å². The van der Waals surface area contributed by atoms with E-state index in [1.54, 1.807) is 0 Å². The summed E-state index contributed by atoms with van der Waals surface area (Å²) in [7, 11) is 0. The van der Waals surface area contributed by atoms with E-state index in [2.05, 4.69) is 0 Å². The first-order chi connectivity index (χ1) is 13.8. The van der Waals surface area contributed by atoms with E-state index in [1.807, 2.05) is 19.9 Å². The number of ketones is 2. The molecule has 2 aliphatic rings. The van der Waals surface area contributed by atoms with Crippen LogP contribution in [0.1, 0.15) is 53.8 Å². The molecule has 29 heavy (non-hydrogen) atoms. The highest BCUT2D eigenvalue weighted by molar-refractivity contribution is 6.27. The molecule has 1 fully saturated rings. The Morgan fingerprint density at radius 3 is 2.41 bits per heavy atom. The van der Waals surface area contributed by atoms with Crippen molar-refractivity contribution in [2.75, 3.05) is 13.2 Å². The van der Waals surface area contributed by atoms with Gasteiger partial charge in [-0.1, -0.05) is 11.6 Å². The maximum absolute atomic E-state index is 13.1. The molecule has 7 nitrogen and oxygen atoms in total. The van der Waals surface area contributed by atoms with Crippen molar-refractivity contribution in [2.45, 2.75) is 39.2 Å². The Bertz CT molecular complexity index is 900. The van der Waals surface area contributed by atoms with Gasteiger partial charge in [0.2, 0.25) is 0 Å². The second kappa shape index (κ2) is 8.61. The molecule has 1 aliphatic heterocycles. The minimum Gasteiger partial charge on any atom is -0.507 e. The number of carbonyl (C=O) groups is 3. The topological polar surface area (TPSA) is 110 Å². The van der Waals surface area contributed by atoms with E-state index in [0.717, 1.165) is 23.8 Å². The average molecular weight is 400 g/mol. The smallest absolute Gasteiger partial charge is 0.309 e. The van der Waals surface area contributed by atoms with Gasteiger partial charge >= 0.3 is 5.97 Å². The van der Waals surface area contributed by atoms with Gasteiger partial charge in [0.25, 0.3) is 0 Å². The zero-order valence-corrected chi connectivity index (χ0v) is 16.4. The predicted octanol–water partition coefficient (Wildman–Crippen LogP) is 3.10. The Balaban J connectivity index is 1.94. The minimum absolute atomic E-state index is 0.0127. The van der Waals surface area contributed by atoms with Crippen molar-refractivity contribution in [1.82, 2.24) is 0 Å². The molecule has 1 atom stereocenters. The first-order valence-electron chi connectivity index (χ1n) is 9.56. The molecule has 2 N–H and O–H groups in total. The third kappa shape index (κ3) is 4.40. The van der Waals surface area contributed by atoms with Crippen molar-refractivity contribution in [1.29, 1.82) is 0 Å². The molecular formula is C22H24O7. The molecule has 0 radical (unpaired) electrons. The van der Waals surface area contributed by atoms with Crippen LogP contribution in [0.4, 0.5) is 0 Å². The summed E-state index contributed by atoms with van der Waals surface area (Å²) in [6.07, 6.45) is 3.24. The van der Waals surface area contributed by atoms with Crippen molar-refractivity contribution in [3.05, 3.63) is 46.6 Å². The second-order valence-corrected chi connectivity index (χ2v) is 7.48. The number of allylic oxidation sites excluding steroid dienone is 2. The number of rotatable bonds is 5. The normalized spacial score (nSPS) is 17.9. The van der Waals surface area contributed by atoms with Crippen LogP contribution in [0.3, 0.4) is 0 Å². The average Bonchev–Trinajstić information content (AvgIpc) is 2.70. The monoisotopic (exact) mass is 400 g/mol. The van der Waals surface area contributed by atoms with Gasteiger partial charge < -0.3 is 19.7 Å². The van der Waals surface area contributed by atoms with Crippen LogP contribution in [0.2, 0.25) is 0 Å². The molecule has 1 aromatic rings. The summed E-state index contributed by atoms with van der Waals surface area (Å²) in [5, 5.41) is 20.1. The number of esters is 1. The Kier molecular flexibility index (Phi) is 6.17. The number of Topliss-reactive ketones (excluding diaryl/α,β-unsaturated/α-hetero) is 1. The quantitative estimate of drug-likeness (QED) is 0.444. The van der Waals surface area contributed by atoms with Crippen LogP contribution in [0, 0.1) is 5.92 Å². The second-order valence-electron chi connectivity index (χ2n) is 7.48. The maximum Gasteiger partial charge on any atom is 0.309 e. The molecule has 0 unspecified atom stereocenters. The molecule has 0 spiro atoms. The van der Waals surface area contributed by atoms with E-state index in [-0.39, 0.29) is 34.8 Å². The highest BCUT2D eigenvalue weighted by atomic mass is 16.5. The number of fused-ring (bicyclic) bond motifs is 1. The van der Waals surface area contributed by atoms with E-state index in [4.69, 9.17) is 9.47 Å². The lowest BCUT2D eigenvalue weighted by atomic mass is 9.85. The molecule has 0 amide bonds. The zero-order chi connectivity index (χ0) is 21.1. The highest BCUT2D eigenvalue weighted by Crippen LogP contribution is 2.36. The maximum atomic E-state index is 13.1. The summed E-state index contributed by atoms with van der Waals surface area (Å²) in [4.78, 5) is 38.3. The summed E-state index contributed by atoms with van der Waals surface area (Å²) in [6, 6.07) is 2.31. The molecular weight excluding hydrogens is 376 g/mol. The van der Waals surface area contributed by atoms with Gasteiger partial charge in [0.1, 0.15) is 17.6 Å². The Morgan fingerprint density at radius 2 is 1.79 bits per heavy atom. The van der Waals surface area contributed by atoms with Gasteiger partial charge in [0.05, 0.1) is 17.0 Å². The molecule has 1 heterocycles. The van der Waals surface area contributed by atoms with Gasteiger partial charge in [-0.3, -0.25) is 14.4 Å². The van der Waals surface area contributed by atoms with Crippen LogP contribution in [-0.4, -0.2) is 47.1 Å². The van der Waals surface area contributed by atoms with Gasteiger partial charge in [-0.15, -0.1) is 0 Å². The van der Waals surface area contributed by atoms with E-state index < -0.39 is 29.4 Å². The summed E-state index contributed by atoms with van der Waals surface area (Å²) < 4.78 is 10.9. The number of phenols is 2. The molecule has 0 aromatic heterocycles. The summed E-state index contributed by atoms with van der Waals surface area (Å²) in [6.45, 7) is 4.69. The molecule has 1 aliphatic carbocycles. The predicted molar refractivity (Wildman–Crippen MR) is 104 cm³/mol. The van der Waals surface area contributed by atoms with Crippen LogP contribution < -0.4 is 0 Å². The molecule has 0 bridgehead atoms. The van der Waals surface area contributed by atoms with Crippen molar-refractivity contribution >= 4 is 17.5 Å². The van der Waals surface area contributed by atoms with Crippen LogP contribution in [0.25, 0.3) is 0 Å². The van der Waals surface area contributed by atoms with Crippen molar-refractivity contribution in [3.8, 4) is 11.5 Å². The van der Waals surface area contributed by atoms with E-state index in [1.165, 1.54) is 0 Å². The number of aromatic hydroxyl groups is 2. The fourth-order valence-electron chi connectivity index (χ4n) is 3.47. The number of hydrogen-bond acceptors (Lipinski definition) is 7. The number of hydrogen-bond donors (Lipinski definition) is 2.